The van der Waals surface area contributed by atoms with Crippen molar-refractivity contribution in [3.63, 3.8) is 0 Å². The Bertz CT molecular complexity index is 490. The first-order valence-corrected chi connectivity index (χ1v) is 6.85. The molecule has 2 N–H and O–H groups in total. The van der Waals surface area contributed by atoms with E-state index in [2.05, 4.69) is 5.32 Å². The molecule has 0 aromatic heterocycles. The van der Waals surface area contributed by atoms with Gasteiger partial charge < -0.3 is 15.3 Å². The van der Waals surface area contributed by atoms with Gasteiger partial charge in [0.05, 0.1) is 0 Å². The zero-order valence-corrected chi connectivity index (χ0v) is 12.5. The topological polar surface area (TPSA) is 69.6 Å². The number of carbonyl (C=O) groups excluding carboxylic acids is 1. The van der Waals surface area contributed by atoms with Gasteiger partial charge in [-0.15, -0.1) is 0 Å². The summed E-state index contributed by atoms with van der Waals surface area (Å²) in [5, 5.41) is 11.8. The van der Waals surface area contributed by atoms with E-state index < -0.39 is 18.0 Å². The molecule has 0 radical (unpaired) electrons. The fraction of sp³-hybridized carbons (Fsp3) is 0.467. The Labute approximate surface area is 123 Å². The maximum Gasteiger partial charge on any atom is 0.326 e. The number of halogens is 1. The normalized spacial score (nSPS) is 13.3. The molecule has 2 atom stereocenters. The minimum Gasteiger partial charge on any atom is -0.480 e. The summed E-state index contributed by atoms with van der Waals surface area (Å²) >= 11 is 0. The first-order valence-electron chi connectivity index (χ1n) is 6.85. The van der Waals surface area contributed by atoms with Gasteiger partial charge in [-0.25, -0.2) is 14.0 Å². The summed E-state index contributed by atoms with van der Waals surface area (Å²) in [4.78, 5) is 24.2. The van der Waals surface area contributed by atoms with Crippen LogP contribution in [0.5, 0.6) is 0 Å². The largest absolute Gasteiger partial charge is 0.480 e. The number of benzene rings is 1. The van der Waals surface area contributed by atoms with E-state index in [4.69, 9.17) is 5.11 Å². The average Bonchev–Trinajstić information content (AvgIpc) is 2.41. The molecular weight excluding hydrogens is 275 g/mol. The highest BCUT2D eigenvalue weighted by molar-refractivity contribution is 5.82. The van der Waals surface area contributed by atoms with Crippen LogP contribution in [0.4, 0.5) is 9.18 Å². The molecule has 116 valence electrons. The third-order valence-corrected chi connectivity index (χ3v) is 3.28. The highest BCUT2D eigenvalue weighted by atomic mass is 19.1. The Morgan fingerprint density at radius 3 is 2.38 bits per heavy atom. The molecule has 0 aliphatic rings. The predicted octanol–water partition coefficient (Wildman–Crippen LogP) is 2.26. The quantitative estimate of drug-likeness (QED) is 0.846. The third kappa shape index (κ3) is 5.06. The van der Waals surface area contributed by atoms with Crippen molar-refractivity contribution in [3.05, 3.63) is 35.6 Å². The second-order valence-electron chi connectivity index (χ2n) is 5.05. The molecule has 0 fully saturated rings. The van der Waals surface area contributed by atoms with Crippen LogP contribution >= 0.6 is 0 Å². The highest BCUT2D eigenvalue weighted by Gasteiger charge is 2.25. The summed E-state index contributed by atoms with van der Waals surface area (Å²) in [5.41, 5.74) is 0.900. The van der Waals surface area contributed by atoms with E-state index in [1.54, 1.807) is 19.1 Å². The summed E-state index contributed by atoms with van der Waals surface area (Å²) in [5.74, 6) is -1.33. The van der Waals surface area contributed by atoms with Gasteiger partial charge in [0.25, 0.3) is 0 Å². The van der Waals surface area contributed by atoms with Gasteiger partial charge in [0.15, 0.2) is 0 Å². The molecule has 0 aliphatic carbocycles. The minimum atomic E-state index is -1.03. The van der Waals surface area contributed by atoms with Gasteiger partial charge in [-0.05, 0) is 37.5 Å². The van der Waals surface area contributed by atoms with Crippen molar-refractivity contribution in [1.29, 1.82) is 0 Å². The molecule has 1 rings (SSSR count). The lowest BCUT2D eigenvalue weighted by Gasteiger charge is -2.26. The van der Waals surface area contributed by atoms with Gasteiger partial charge in [0.2, 0.25) is 0 Å². The van der Waals surface area contributed by atoms with E-state index in [0.717, 1.165) is 5.56 Å². The number of hydrogen-bond donors (Lipinski definition) is 2. The first-order chi connectivity index (χ1) is 9.85. The van der Waals surface area contributed by atoms with E-state index in [1.807, 2.05) is 6.92 Å². The Hall–Kier alpha value is -2.11. The van der Waals surface area contributed by atoms with Crippen molar-refractivity contribution in [3.8, 4) is 0 Å². The number of nitrogens with zero attached hydrogens (tertiary/aromatic N) is 1. The first kappa shape index (κ1) is 16.9. The second-order valence-corrected chi connectivity index (χ2v) is 5.05. The number of carbonyl (C=O) groups is 2. The van der Waals surface area contributed by atoms with Crippen LogP contribution in [0.1, 0.15) is 25.8 Å². The number of likely N-dealkylation sites (N-methyl/N-ethyl adjacent to an activating group) is 1. The predicted molar refractivity (Wildman–Crippen MR) is 77.6 cm³/mol. The van der Waals surface area contributed by atoms with Gasteiger partial charge in [-0.2, -0.15) is 0 Å². The average molecular weight is 296 g/mol. The summed E-state index contributed by atoms with van der Waals surface area (Å²) in [6, 6.07) is 4.60. The monoisotopic (exact) mass is 296 g/mol. The van der Waals surface area contributed by atoms with E-state index in [9.17, 15) is 14.0 Å². The number of nitrogens with one attached hydrogen (secondary N) is 1. The fourth-order valence-corrected chi connectivity index (χ4v) is 2.09. The zero-order valence-electron chi connectivity index (χ0n) is 12.5. The number of hydrogen-bond acceptors (Lipinski definition) is 2. The summed E-state index contributed by atoms with van der Waals surface area (Å²) in [7, 11) is 1.46. The van der Waals surface area contributed by atoms with E-state index >= 15 is 0 Å². The number of carboxylic acid groups (broad SMARTS) is 1. The van der Waals surface area contributed by atoms with Gasteiger partial charge in [0, 0.05) is 13.1 Å². The van der Waals surface area contributed by atoms with Gasteiger partial charge in [0.1, 0.15) is 11.9 Å². The van der Waals surface area contributed by atoms with Crippen molar-refractivity contribution >= 4 is 12.0 Å². The van der Waals surface area contributed by atoms with Crippen LogP contribution in [0.3, 0.4) is 0 Å². The number of amides is 2. The smallest absolute Gasteiger partial charge is 0.326 e. The molecule has 0 saturated heterocycles. The van der Waals surface area contributed by atoms with Crippen molar-refractivity contribution < 1.29 is 19.1 Å². The van der Waals surface area contributed by atoms with E-state index in [-0.39, 0.29) is 11.9 Å². The third-order valence-electron chi connectivity index (χ3n) is 3.28. The van der Waals surface area contributed by atoms with Gasteiger partial charge >= 0.3 is 12.0 Å². The summed E-state index contributed by atoms with van der Waals surface area (Å²) in [6.07, 6.45) is 0.884. The maximum atomic E-state index is 12.8. The Balaban J connectivity index is 2.57. The number of rotatable bonds is 6. The van der Waals surface area contributed by atoms with Crippen LogP contribution in [-0.2, 0) is 11.2 Å². The standard InChI is InChI=1S/C15H21FN2O3/c1-4-13(14(19)20)18(3)15(21)17-10(2)9-11-5-7-12(16)8-6-11/h5-8,10,13H,4,9H2,1-3H3,(H,17,21)(H,19,20). The highest BCUT2D eigenvalue weighted by Crippen LogP contribution is 2.07. The Kier molecular flexibility index (Phi) is 6.14. The number of aliphatic carboxylic acids is 1. The van der Waals surface area contributed by atoms with E-state index in [1.165, 1.54) is 24.1 Å². The molecule has 2 unspecified atom stereocenters. The fourth-order valence-electron chi connectivity index (χ4n) is 2.09. The molecule has 0 saturated carbocycles. The molecule has 0 aliphatic heterocycles. The molecule has 1 aromatic rings. The summed E-state index contributed by atoms with van der Waals surface area (Å²) < 4.78 is 12.8. The minimum absolute atomic E-state index is 0.184. The van der Waals surface area contributed by atoms with Crippen molar-refractivity contribution in [2.45, 2.75) is 38.8 Å². The molecule has 1 aromatic carbocycles. The van der Waals surface area contributed by atoms with Gasteiger partial charge in [-0.1, -0.05) is 19.1 Å². The van der Waals surface area contributed by atoms with Crippen LogP contribution in [0, 0.1) is 5.82 Å². The van der Waals surface area contributed by atoms with Crippen molar-refractivity contribution in [2.75, 3.05) is 7.05 Å². The van der Waals surface area contributed by atoms with Crippen LogP contribution in [-0.4, -0.2) is 41.1 Å². The van der Waals surface area contributed by atoms with Crippen LogP contribution in [0.15, 0.2) is 24.3 Å². The second kappa shape index (κ2) is 7.61. The Morgan fingerprint density at radius 1 is 1.33 bits per heavy atom. The molecule has 21 heavy (non-hydrogen) atoms. The molecule has 0 spiro atoms. The van der Waals surface area contributed by atoms with Crippen molar-refractivity contribution in [2.24, 2.45) is 0 Å². The molecule has 5 nitrogen and oxygen atoms in total. The van der Waals surface area contributed by atoms with Gasteiger partial charge in [-0.3, -0.25) is 0 Å². The lowest BCUT2D eigenvalue weighted by atomic mass is 10.1. The maximum absolute atomic E-state index is 12.8. The van der Waals surface area contributed by atoms with Crippen LogP contribution < -0.4 is 5.32 Å². The van der Waals surface area contributed by atoms with Crippen LogP contribution in [0.25, 0.3) is 0 Å². The summed E-state index contributed by atoms with van der Waals surface area (Å²) in [6.45, 7) is 3.53. The molecule has 0 heterocycles. The Morgan fingerprint density at radius 2 is 1.90 bits per heavy atom. The SMILES string of the molecule is CCC(C(=O)O)N(C)C(=O)NC(C)Cc1ccc(F)cc1. The molecule has 0 bridgehead atoms. The van der Waals surface area contributed by atoms with Crippen LogP contribution in [0.2, 0.25) is 0 Å². The number of carboxylic acids is 1. The zero-order chi connectivity index (χ0) is 16.0. The lowest BCUT2D eigenvalue weighted by molar-refractivity contribution is -0.141. The number of urea groups is 1. The van der Waals surface area contributed by atoms with E-state index in [0.29, 0.717) is 12.8 Å². The van der Waals surface area contributed by atoms with Crippen molar-refractivity contribution in [1.82, 2.24) is 10.2 Å². The molecule has 6 heteroatoms. The molecular formula is C15H21FN2O3. The lowest BCUT2D eigenvalue weighted by Crippen LogP contribution is -2.49. The molecule has 2 amide bonds.